The summed E-state index contributed by atoms with van der Waals surface area (Å²) in [6, 6.07) is 20.3. The van der Waals surface area contributed by atoms with Crippen molar-refractivity contribution in [3.63, 3.8) is 0 Å². The van der Waals surface area contributed by atoms with Gasteiger partial charge in [0.25, 0.3) is 0 Å². The molecular formula is C25H27N5OS. The van der Waals surface area contributed by atoms with E-state index in [9.17, 15) is 4.79 Å². The van der Waals surface area contributed by atoms with Gasteiger partial charge in [-0.3, -0.25) is 4.79 Å². The van der Waals surface area contributed by atoms with Crippen LogP contribution >= 0.6 is 11.8 Å². The largest absolute Gasteiger partial charge is 0.355 e. The van der Waals surface area contributed by atoms with Crippen LogP contribution in [0.25, 0.3) is 33.5 Å². The zero-order valence-corrected chi connectivity index (χ0v) is 19.4. The monoisotopic (exact) mass is 445 g/mol. The summed E-state index contributed by atoms with van der Waals surface area (Å²) in [5.74, 6) is 1.54. The Morgan fingerprint density at radius 3 is 2.56 bits per heavy atom. The van der Waals surface area contributed by atoms with Gasteiger partial charge in [0, 0.05) is 29.6 Å². The van der Waals surface area contributed by atoms with Crippen LogP contribution in [0, 0.1) is 5.92 Å². The molecule has 1 N–H and O–H groups in total. The number of rotatable bonds is 8. The highest BCUT2D eigenvalue weighted by Crippen LogP contribution is 2.32. The van der Waals surface area contributed by atoms with Crippen molar-refractivity contribution in [1.82, 2.24) is 25.1 Å². The fourth-order valence-corrected chi connectivity index (χ4v) is 4.33. The average Bonchev–Trinajstić information content (AvgIpc) is 3.24. The standard InChI is InChI=1S/C25H27N5OS/c1-4-30-24(28-29-25(30)32-16-23(31)26-15-17(2)3)20-14-22(18-10-6-5-7-11-18)27-21-13-9-8-12-19(20)21/h5-14,17H,4,15-16H2,1-3H3,(H,26,31). The maximum atomic E-state index is 12.2. The molecular weight excluding hydrogens is 418 g/mol. The van der Waals surface area contributed by atoms with E-state index >= 15 is 0 Å². The van der Waals surface area contributed by atoms with E-state index < -0.39 is 0 Å². The fraction of sp³-hybridized carbons (Fsp3) is 0.280. The molecule has 0 atom stereocenters. The smallest absolute Gasteiger partial charge is 0.230 e. The second kappa shape index (κ2) is 9.96. The van der Waals surface area contributed by atoms with Crippen LogP contribution in [0.4, 0.5) is 0 Å². The SMILES string of the molecule is CCn1c(SCC(=O)NCC(C)C)nnc1-c1cc(-c2ccccc2)nc2ccccc12. The number of pyridine rings is 1. The maximum Gasteiger partial charge on any atom is 0.230 e. The second-order valence-electron chi connectivity index (χ2n) is 7.98. The van der Waals surface area contributed by atoms with E-state index in [1.54, 1.807) is 0 Å². The van der Waals surface area contributed by atoms with Crippen molar-refractivity contribution in [3.05, 3.63) is 60.7 Å². The number of para-hydroxylation sites is 1. The molecule has 0 aliphatic carbocycles. The summed E-state index contributed by atoms with van der Waals surface area (Å²) in [6.45, 7) is 7.61. The Hall–Kier alpha value is -3.19. The number of hydrogen-bond donors (Lipinski definition) is 1. The molecule has 2 aromatic carbocycles. The van der Waals surface area contributed by atoms with E-state index in [0.717, 1.165) is 38.7 Å². The molecule has 4 rings (SSSR count). The van der Waals surface area contributed by atoms with Crippen molar-refractivity contribution in [1.29, 1.82) is 0 Å². The van der Waals surface area contributed by atoms with Crippen molar-refractivity contribution in [2.24, 2.45) is 5.92 Å². The van der Waals surface area contributed by atoms with E-state index in [1.165, 1.54) is 11.8 Å². The van der Waals surface area contributed by atoms with Crippen LogP contribution in [-0.4, -0.2) is 38.0 Å². The molecule has 0 aliphatic heterocycles. The summed E-state index contributed by atoms with van der Waals surface area (Å²) >= 11 is 1.41. The summed E-state index contributed by atoms with van der Waals surface area (Å²) < 4.78 is 2.07. The number of carbonyl (C=O) groups excluding carboxylic acids is 1. The summed E-state index contributed by atoms with van der Waals surface area (Å²) in [4.78, 5) is 17.0. The third kappa shape index (κ3) is 4.83. The number of nitrogens with one attached hydrogen (secondary N) is 1. The lowest BCUT2D eigenvalue weighted by Gasteiger charge is -2.12. The molecule has 6 nitrogen and oxygen atoms in total. The van der Waals surface area contributed by atoms with Crippen LogP contribution < -0.4 is 5.32 Å². The Balaban J connectivity index is 1.70. The van der Waals surface area contributed by atoms with Gasteiger partial charge < -0.3 is 9.88 Å². The molecule has 0 bridgehead atoms. The molecule has 2 aromatic heterocycles. The minimum absolute atomic E-state index is 0.0108. The minimum atomic E-state index is 0.0108. The summed E-state index contributed by atoms with van der Waals surface area (Å²) in [5.41, 5.74) is 3.85. The Labute approximate surface area is 192 Å². The Morgan fingerprint density at radius 1 is 1.06 bits per heavy atom. The lowest BCUT2D eigenvalue weighted by atomic mass is 10.0. The van der Waals surface area contributed by atoms with E-state index in [-0.39, 0.29) is 5.91 Å². The van der Waals surface area contributed by atoms with Crippen molar-refractivity contribution in [2.75, 3.05) is 12.3 Å². The highest BCUT2D eigenvalue weighted by molar-refractivity contribution is 7.99. The Bertz CT molecular complexity index is 1220. The van der Waals surface area contributed by atoms with Crippen LogP contribution in [0.2, 0.25) is 0 Å². The summed E-state index contributed by atoms with van der Waals surface area (Å²) in [5, 5.41) is 13.7. The predicted octanol–water partition coefficient (Wildman–Crippen LogP) is 5.04. The number of aromatic nitrogens is 4. The maximum absolute atomic E-state index is 12.2. The molecule has 0 unspecified atom stereocenters. The first-order chi connectivity index (χ1) is 15.6. The topological polar surface area (TPSA) is 72.7 Å². The number of benzene rings is 2. The molecule has 0 fully saturated rings. The number of carbonyl (C=O) groups is 1. The van der Waals surface area contributed by atoms with E-state index in [4.69, 9.17) is 4.98 Å². The molecule has 4 aromatic rings. The quantitative estimate of drug-likeness (QED) is 0.385. The van der Waals surface area contributed by atoms with Gasteiger partial charge >= 0.3 is 0 Å². The first-order valence-corrected chi connectivity index (χ1v) is 11.8. The zero-order valence-electron chi connectivity index (χ0n) is 18.6. The van der Waals surface area contributed by atoms with Crippen LogP contribution in [0.5, 0.6) is 0 Å². The lowest BCUT2D eigenvalue weighted by Crippen LogP contribution is -2.28. The van der Waals surface area contributed by atoms with Gasteiger partial charge in [0.15, 0.2) is 11.0 Å². The first kappa shape index (κ1) is 22.0. The molecule has 0 radical (unpaired) electrons. The number of amides is 1. The average molecular weight is 446 g/mol. The normalized spacial score (nSPS) is 11.2. The molecule has 0 saturated carbocycles. The van der Waals surface area contributed by atoms with Crippen LogP contribution in [0.3, 0.4) is 0 Å². The Kier molecular flexibility index (Phi) is 6.85. The molecule has 164 valence electrons. The number of fused-ring (bicyclic) bond motifs is 1. The molecule has 0 saturated heterocycles. The van der Waals surface area contributed by atoms with E-state index in [0.29, 0.717) is 24.8 Å². The first-order valence-electron chi connectivity index (χ1n) is 10.8. The molecule has 0 aliphatic rings. The van der Waals surface area contributed by atoms with Crippen molar-refractivity contribution in [2.45, 2.75) is 32.5 Å². The lowest BCUT2D eigenvalue weighted by molar-refractivity contribution is -0.118. The summed E-state index contributed by atoms with van der Waals surface area (Å²) in [6.07, 6.45) is 0. The van der Waals surface area contributed by atoms with Gasteiger partial charge in [-0.25, -0.2) is 4.98 Å². The number of nitrogens with zero attached hydrogens (tertiary/aromatic N) is 4. The highest BCUT2D eigenvalue weighted by atomic mass is 32.2. The van der Waals surface area contributed by atoms with Gasteiger partial charge in [0.2, 0.25) is 5.91 Å². The van der Waals surface area contributed by atoms with Crippen LogP contribution in [-0.2, 0) is 11.3 Å². The van der Waals surface area contributed by atoms with Gasteiger partial charge in [-0.2, -0.15) is 0 Å². The third-order valence-electron chi connectivity index (χ3n) is 5.10. The molecule has 0 spiro atoms. The minimum Gasteiger partial charge on any atom is -0.355 e. The van der Waals surface area contributed by atoms with Gasteiger partial charge in [0.05, 0.1) is 17.0 Å². The van der Waals surface area contributed by atoms with Gasteiger partial charge in [0.1, 0.15) is 0 Å². The molecule has 2 heterocycles. The van der Waals surface area contributed by atoms with E-state index in [2.05, 4.69) is 65.1 Å². The van der Waals surface area contributed by atoms with Gasteiger partial charge in [-0.15, -0.1) is 10.2 Å². The van der Waals surface area contributed by atoms with E-state index in [1.807, 2.05) is 36.4 Å². The number of hydrogen-bond acceptors (Lipinski definition) is 5. The zero-order chi connectivity index (χ0) is 22.5. The molecule has 1 amide bonds. The van der Waals surface area contributed by atoms with Crippen molar-refractivity contribution < 1.29 is 4.79 Å². The van der Waals surface area contributed by atoms with Crippen molar-refractivity contribution >= 4 is 28.6 Å². The summed E-state index contributed by atoms with van der Waals surface area (Å²) in [7, 11) is 0. The number of thioether (sulfide) groups is 1. The second-order valence-corrected chi connectivity index (χ2v) is 8.92. The predicted molar refractivity (Wildman–Crippen MR) is 130 cm³/mol. The fourth-order valence-electron chi connectivity index (χ4n) is 3.50. The molecule has 32 heavy (non-hydrogen) atoms. The van der Waals surface area contributed by atoms with Crippen LogP contribution in [0.15, 0.2) is 65.8 Å². The van der Waals surface area contributed by atoms with Crippen LogP contribution in [0.1, 0.15) is 20.8 Å². The Morgan fingerprint density at radius 2 is 1.81 bits per heavy atom. The third-order valence-corrected chi connectivity index (χ3v) is 6.07. The highest BCUT2D eigenvalue weighted by Gasteiger charge is 2.18. The van der Waals surface area contributed by atoms with Crippen molar-refractivity contribution in [3.8, 4) is 22.6 Å². The molecule has 7 heteroatoms. The van der Waals surface area contributed by atoms with Gasteiger partial charge in [-0.05, 0) is 25.0 Å². The van der Waals surface area contributed by atoms with Gasteiger partial charge in [-0.1, -0.05) is 74.1 Å².